The van der Waals surface area contributed by atoms with Crippen LogP contribution in [0.1, 0.15) is 19.8 Å². The van der Waals surface area contributed by atoms with E-state index in [9.17, 15) is 0 Å². The molecule has 1 aromatic heterocycles. The van der Waals surface area contributed by atoms with Gasteiger partial charge in [0.2, 0.25) is 0 Å². The van der Waals surface area contributed by atoms with E-state index in [-0.39, 0.29) is 0 Å². The first-order chi connectivity index (χ1) is 7.16. The lowest BCUT2D eigenvalue weighted by Crippen LogP contribution is -2.34. The molecule has 4 heteroatoms. The van der Waals surface area contributed by atoms with Crippen LogP contribution in [0, 0.1) is 9.49 Å². The fourth-order valence-corrected chi connectivity index (χ4v) is 2.84. The van der Waals surface area contributed by atoms with Gasteiger partial charge < -0.3 is 4.90 Å². The smallest absolute Gasteiger partial charge is 0.131 e. The zero-order valence-corrected chi connectivity index (χ0v) is 11.6. The van der Waals surface area contributed by atoms with Crippen LogP contribution in [-0.4, -0.2) is 18.1 Å². The monoisotopic (exact) mass is 336 g/mol. The molecule has 15 heavy (non-hydrogen) atoms. The summed E-state index contributed by atoms with van der Waals surface area (Å²) in [4.78, 5) is 6.50. The molecule has 0 bridgehead atoms. The number of piperidine rings is 1. The lowest BCUT2D eigenvalue weighted by molar-refractivity contribution is 0.446. The molecule has 2 rings (SSSR count). The average Bonchev–Trinajstić information content (AvgIpc) is 2.22. The predicted molar refractivity (Wildman–Crippen MR) is 72.6 cm³/mol. The second-order valence-electron chi connectivity index (χ2n) is 4.15. The number of pyridine rings is 1. The highest BCUT2D eigenvalue weighted by Gasteiger charge is 2.18. The van der Waals surface area contributed by atoms with Crippen LogP contribution in [0.15, 0.2) is 12.3 Å². The number of nitrogens with zero attached hydrogens (tertiary/aromatic N) is 2. The van der Waals surface area contributed by atoms with Crippen LogP contribution in [0.3, 0.4) is 0 Å². The molecule has 0 unspecified atom stereocenters. The SMILES string of the molecule is C[C@H]1CCCN(c2cc(Cl)ncc2I)C1. The Balaban J connectivity index is 2.24. The van der Waals surface area contributed by atoms with Gasteiger partial charge in [0.25, 0.3) is 0 Å². The van der Waals surface area contributed by atoms with E-state index >= 15 is 0 Å². The molecule has 0 aromatic carbocycles. The van der Waals surface area contributed by atoms with Gasteiger partial charge in [-0.25, -0.2) is 4.98 Å². The van der Waals surface area contributed by atoms with Crippen molar-refractivity contribution in [1.82, 2.24) is 4.98 Å². The largest absolute Gasteiger partial charge is 0.370 e. The Morgan fingerprint density at radius 3 is 3.13 bits per heavy atom. The molecule has 0 saturated carbocycles. The van der Waals surface area contributed by atoms with Crippen molar-refractivity contribution in [3.05, 3.63) is 21.0 Å². The van der Waals surface area contributed by atoms with Gasteiger partial charge in [0.15, 0.2) is 0 Å². The molecule has 1 saturated heterocycles. The molecule has 2 nitrogen and oxygen atoms in total. The number of hydrogen-bond acceptors (Lipinski definition) is 2. The number of anilines is 1. The van der Waals surface area contributed by atoms with Gasteiger partial charge in [0, 0.05) is 19.3 Å². The Bertz CT molecular complexity index is 356. The quantitative estimate of drug-likeness (QED) is 0.576. The maximum Gasteiger partial charge on any atom is 0.131 e. The molecule has 1 aromatic rings. The van der Waals surface area contributed by atoms with E-state index < -0.39 is 0 Å². The molecule has 2 heterocycles. The van der Waals surface area contributed by atoms with E-state index in [0.717, 1.165) is 19.0 Å². The van der Waals surface area contributed by atoms with Gasteiger partial charge in [-0.1, -0.05) is 18.5 Å². The van der Waals surface area contributed by atoms with Crippen LogP contribution in [0.4, 0.5) is 5.69 Å². The summed E-state index contributed by atoms with van der Waals surface area (Å²) < 4.78 is 1.19. The molecule has 82 valence electrons. The summed E-state index contributed by atoms with van der Waals surface area (Å²) in [6.07, 6.45) is 4.46. The summed E-state index contributed by atoms with van der Waals surface area (Å²) in [6.45, 7) is 4.58. The summed E-state index contributed by atoms with van der Waals surface area (Å²) in [7, 11) is 0. The molecule has 0 amide bonds. The summed E-state index contributed by atoms with van der Waals surface area (Å²) in [5.41, 5.74) is 1.24. The molecule has 0 radical (unpaired) electrons. The lowest BCUT2D eigenvalue weighted by atomic mass is 10.00. The first kappa shape index (κ1) is 11.5. The Labute approximate surface area is 109 Å². The first-order valence-electron chi connectivity index (χ1n) is 5.23. The maximum atomic E-state index is 5.93. The summed E-state index contributed by atoms with van der Waals surface area (Å²) in [6, 6.07) is 1.97. The first-order valence-corrected chi connectivity index (χ1v) is 6.68. The van der Waals surface area contributed by atoms with Crippen molar-refractivity contribution in [3.8, 4) is 0 Å². The van der Waals surface area contributed by atoms with Crippen molar-refractivity contribution in [2.75, 3.05) is 18.0 Å². The molecule has 1 fully saturated rings. The molecular formula is C11H14ClIN2. The number of aromatic nitrogens is 1. The normalized spacial score (nSPS) is 21.8. The van der Waals surface area contributed by atoms with E-state index in [1.165, 1.54) is 22.1 Å². The van der Waals surface area contributed by atoms with Crippen molar-refractivity contribution >= 4 is 39.9 Å². The van der Waals surface area contributed by atoms with Crippen LogP contribution < -0.4 is 4.90 Å². The molecule has 0 aliphatic carbocycles. The van der Waals surface area contributed by atoms with Gasteiger partial charge in [-0.3, -0.25) is 0 Å². The van der Waals surface area contributed by atoms with Crippen molar-refractivity contribution in [1.29, 1.82) is 0 Å². The minimum atomic E-state index is 0.587. The van der Waals surface area contributed by atoms with Crippen molar-refractivity contribution in [2.24, 2.45) is 5.92 Å². The minimum Gasteiger partial charge on any atom is -0.370 e. The van der Waals surface area contributed by atoms with E-state index in [2.05, 4.69) is 39.4 Å². The van der Waals surface area contributed by atoms with E-state index in [4.69, 9.17) is 11.6 Å². The second kappa shape index (κ2) is 4.87. The fraction of sp³-hybridized carbons (Fsp3) is 0.545. The zero-order valence-electron chi connectivity index (χ0n) is 8.71. The van der Waals surface area contributed by atoms with Crippen molar-refractivity contribution < 1.29 is 0 Å². The van der Waals surface area contributed by atoms with E-state index in [0.29, 0.717) is 5.15 Å². The molecule has 0 spiro atoms. The van der Waals surface area contributed by atoms with Crippen LogP contribution in [-0.2, 0) is 0 Å². The molecular weight excluding hydrogens is 322 g/mol. The van der Waals surface area contributed by atoms with Crippen LogP contribution >= 0.6 is 34.2 Å². The minimum absolute atomic E-state index is 0.587. The lowest BCUT2D eigenvalue weighted by Gasteiger charge is -2.33. The molecule has 1 atom stereocenters. The van der Waals surface area contributed by atoms with Gasteiger partial charge in [-0.05, 0) is 47.4 Å². The van der Waals surface area contributed by atoms with Gasteiger partial charge in [-0.15, -0.1) is 0 Å². The average molecular weight is 337 g/mol. The third-order valence-corrected chi connectivity index (χ3v) is 3.84. The van der Waals surface area contributed by atoms with Gasteiger partial charge in [0.05, 0.1) is 9.26 Å². The maximum absolute atomic E-state index is 5.93. The van der Waals surface area contributed by atoms with Crippen LogP contribution in [0.2, 0.25) is 5.15 Å². The van der Waals surface area contributed by atoms with Gasteiger partial charge >= 0.3 is 0 Å². The van der Waals surface area contributed by atoms with Crippen LogP contribution in [0.5, 0.6) is 0 Å². The van der Waals surface area contributed by atoms with Gasteiger partial charge in [0.1, 0.15) is 5.15 Å². The Morgan fingerprint density at radius 2 is 2.40 bits per heavy atom. The highest BCUT2D eigenvalue weighted by molar-refractivity contribution is 14.1. The highest BCUT2D eigenvalue weighted by Crippen LogP contribution is 2.28. The Hall–Kier alpha value is -0.0300. The van der Waals surface area contributed by atoms with E-state index in [1.807, 2.05) is 12.3 Å². The molecule has 1 aliphatic heterocycles. The summed E-state index contributed by atoms with van der Waals surface area (Å²) in [5, 5.41) is 0.587. The van der Waals surface area contributed by atoms with Gasteiger partial charge in [-0.2, -0.15) is 0 Å². The Kier molecular flexibility index (Phi) is 3.72. The van der Waals surface area contributed by atoms with Crippen molar-refractivity contribution in [2.45, 2.75) is 19.8 Å². The standard InChI is InChI=1S/C11H14ClIN2/c1-8-3-2-4-15(7-8)10-5-11(12)14-6-9(10)13/h5-6,8H,2-4,7H2,1H3/t8-/m0/s1. The van der Waals surface area contributed by atoms with Crippen LogP contribution in [0.25, 0.3) is 0 Å². The number of halogens is 2. The van der Waals surface area contributed by atoms with Crippen molar-refractivity contribution in [3.63, 3.8) is 0 Å². The summed E-state index contributed by atoms with van der Waals surface area (Å²) in [5.74, 6) is 0.779. The third kappa shape index (κ3) is 2.75. The predicted octanol–water partition coefficient (Wildman–Crippen LogP) is 3.58. The fourth-order valence-electron chi connectivity index (χ4n) is 2.05. The Morgan fingerprint density at radius 1 is 1.60 bits per heavy atom. The second-order valence-corrected chi connectivity index (χ2v) is 5.70. The summed E-state index contributed by atoms with van der Waals surface area (Å²) >= 11 is 8.25. The zero-order chi connectivity index (χ0) is 10.8. The number of rotatable bonds is 1. The topological polar surface area (TPSA) is 16.1 Å². The molecule has 0 N–H and O–H groups in total. The highest BCUT2D eigenvalue weighted by atomic mass is 127. The van der Waals surface area contributed by atoms with E-state index in [1.54, 1.807) is 0 Å². The number of hydrogen-bond donors (Lipinski definition) is 0. The third-order valence-electron chi connectivity index (χ3n) is 2.80. The molecule has 1 aliphatic rings.